The minimum absolute atomic E-state index is 0.0609. The number of hydrogen-bond donors (Lipinski definition) is 0. The average molecular weight is 362 g/mol. The summed E-state index contributed by atoms with van der Waals surface area (Å²) < 4.78 is 12.3. The number of aromatic nitrogens is 2. The van der Waals surface area contributed by atoms with Gasteiger partial charge in [0.25, 0.3) is 0 Å². The normalized spacial score (nSPS) is 11.0. The average Bonchev–Trinajstić information content (AvgIpc) is 3.15. The van der Waals surface area contributed by atoms with E-state index >= 15 is 0 Å². The number of carbonyl (C=O) groups excluding carboxylic acids is 1. The Morgan fingerprint density at radius 3 is 2.59 bits per heavy atom. The van der Waals surface area contributed by atoms with Crippen LogP contribution in [-0.4, -0.2) is 35.9 Å². The summed E-state index contributed by atoms with van der Waals surface area (Å²) in [6, 6.07) is 17.2. The van der Waals surface area contributed by atoms with Gasteiger partial charge in [0, 0.05) is 24.4 Å². The Kier molecular flexibility index (Phi) is 6.55. The van der Waals surface area contributed by atoms with Crippen LogP contribution in [0.15, 0.2) is 73.1 Å². The Morgan fingerprint density at radius 2 is 1.85 bits per heavy atom. The number of ketones is 1. The molecular weight excluding hydrogens is 340 g/mol. The highest BCUT2D eigenvalue weighted by Crippen LogP contribution is 2.13. The number of methoxy groups -OCH3 is 1. The van der Waals surface area contributed by atoms with Gasteiger partial charge in [-0.3, -0.25) is 9.48 Å². The Labute approximate surface area is 158 Å². The van der Waals surface area contributed by atoms with E-state index in [0.717, 1.165) is 11.3 Å². The summed E-state index contributed by atoms with van der Waals surface area (Å²) in [7, 11) is 1.63. The smallest absolute Gasteiger partial charge is 0.185 e. The first-order valence-electron chi connectivity index (χ1n) is 8.75. The fraction of sp³-hybridized carbons (Fsp3) is 0.182. The largest absolute Gasteiger partial charge is 0.491 e. The lowest BCUT2D eigenvalue weighted by atomic mass is 10.1. The minimum atomic E-state index is -0.0609. The monoisotopic (exact) mass is 362 g/mol. The van der Waals surface area contributed by atoms with Crippen LogP contribution >= 0.6 is 0 Å². The van der Waals surface area contributed by atoms with Gasteiger partial charge in [0.05, 0.1) is 19.3 Å². The van der Waals surface area contributed by atoms with Crippen molar-refractivity contribution in [3.8, 4) is 5.75 Å². The zero-order chi connectivity index (χ0) is 18.9. The predicted molar refractivity (Wildman–Crippen MR) is 105 cm³/mol. The first kappa shape index (κ1) is 18.6. The topological polar surface area (TPSA) is 53.4 Å². The second-order valence-corrected chi connectivity index (χ2v) is 6.02. The summed E-state index contributed by atoms with van der Waals surface area (Å²) in [5, 5.41) is 4.34. The van der Waals surface area contributed by atoms with Crippen molar-refractivity contribution in [2.24, 2.45) is 0 Å². The van der Waals surface area contributed by atoms with E-state index in [2.05, 4.69) is 17.2 Å². The molecule has 0 saturated carbocycles. The summed E-state index contributed by atoms with van der Waals surface area (Å²) in [6.07, 6.45) is 7.01. The fourth-order valence-electron chi connectivity index (χ4n) is 2.55. The zero-order valence-electron chi connectivity index (χ0n) is 15.2. The third-order valence-corrected chi connectivity index (χ3v) is 3.96. The van der Waals surface area contributed by atoms with E-state index < -0.39 is 0 Å². The van der Waals surface area contributed by atoms with Crippen LogP contribution in [0.1, 0.15) is 21.5 Å². The number of carbonyl (C=O) groups is 1. The Morgan fingerprint density at radius 1 is 1.07 bits per heavy atom. The van der Waals surface area contributed by atoms with E-state index in [1.807, 2.05) is 29.1 Å². The van der Waals surface area contributed by atoms with Crippen LogP contribution in [-0.2, 0) is 11.3 Å². The molecule has 1 aromatic heterocycles. The third-order valence-electron chi connectivity index (χ3n) is 3.96. The van der Waals surface area contributed by atoms with Crippen molar-refractivity contribution < 1.29 is 14.3 Å². The predicted octanol–water partition coefficient (Wildman–Crippen LogP) is 3.85. The lowest BCUT2D eigenvalue weighted by Gasteiger charge is -2.05. The van der Waals surface area contributed by atoms with Gasteiger partial charge >= 0.3 is 0 Å². The minimum Gasteiger partial charge on any atom is -0.491 e. The molecule has 0 fully saturated rings. The van der Waals surface area contributed by atoms with Gasteiger partial charge in [0.15, 0.2) is 5.78 Å². The van der Waals surface area contributed by atoms with Gasteiger partial charge in [0.1, 0.15) is 12.4 Å². The molecule has 0 radical (unpaired) electrons. The number of allylic oxidation sites excluding steroid dienone is 1. The van der Waals surface area contributed by atoms with Crippen molar-refractivity contribution in [3.05, 3.63) is 89.8 Å². The fourth-order valence-corrected chi connectivity index (χ4v) is 2.55. The molecule has 0 atom stereocenters. The number of hydrogen-bond acceptors (Lipinski definition) is 4. The summed E-state index contributed by atoms with van der Waals surface area (Å²) in [6.45, 7) is 1.71. The first-order valence-corrected chi connectivity index (χ1v) is 8.75. The molecule has 5 heteroatoms. The van der Waals surface area contributed by atoms with E-state index in [9.17, 15) is 4.79 Å². The van der Waals surface area contributed by atoms with Crippen LogP contribution in [0.5, 0.6) is 5.75 Å². The molecule has 0 aliphatic rings. The third kappa shape index (κ3) is 5.66. The maximum absolute atomic E-state index is 12.3. The lowest BCUT2D eigenvalue weighted by molar-refractivity contribution is 0.104. The van der Waals surface area contributed by atoms with Gasteiger partial charge < -0.3 is 9.47 Å². The number of rotatable bonds is 9. The Bertz CT molecular complexity index is 883. The molecule has 27 heavy (non-hydrogen) atoms. The number of benzene rings is 2. The van der Waals surface area contributed by atoms with Crippen LogP contribution in [0.25, 0.3) is 6.08 Å². The van der Waals surface area contributed by atoms with Crippen molar-refractivity contribution in [2.45, 2.75) is 6.54 Å². The summed E-state index contributed by atoms with van der Waals surface area (Å²) >= 11 is 0. The molecule has 1 heterocycles. The molecule has 0 spiro atoms. The summed E-state index contributed by atoms with van der Waals surface area (Å²) in [5.74, 6) is 0.656. The van der Waals surface area contributed by atoms with Crippen LogP contribution in [0.3, 0.4) is 0 Å². The highest BCUT2D eigenvalue weighted by atomic mass is 16.5. The molecule has 0 aliphatic heterocycles. The molecule has 0 amide bonds. The molecular formula is C22H22N2O3. The summed E-state index contributed by atoms with van der Waals surface area (Å²) in [4.78, 5) is 12.3. The first-order chi connectivity index (χ1) is 13.2. The van der Waals surface area contributed by atoms with Crippen LogP contribution in [0, 0.1) is 0 Å². The molecule has 0 unspecified atom stereocenters. The quantitative estimate of drug-likeness (QED) is 0.330. The SMILES string of the molecule is COCCOc1ccc(C(=O)/C=C\c2cnn(Cc3ccccc3)c2)cc1. The Hall–Kier alpha value is -3.18. The van der Waals surface area contributed by atoms with E-state index in [1.165, 1.54) is 5.56 Å². The lowest BCUT2D eigenvalue weighted by Crippen LogP contribution is -2.04. The van der Waals surface area contributed by atoms with E-state index in [0.29, 0.717) is 25.3 Å². The van der Waals surface area contributed by atoms with Gasteiger partial charge in [-0.05, 0) is 42.0 Å². The van der Waals surface area contributed by atoms with Gasteiger partial charge in [0.2, 0.25) is 0 Å². The van der Waals surface area contributed by atoms with Crippen molar-refractivity contribution in [3.63, 3.8) is 0 Å². The van der Waals surface area contributed by atoms with E-state index in [-0.39, 0.29) is 5.78 Å². The molecule has 5 nitrogen and oxygen atoms in total. The molecule has 0 saturated heterocycles. The maximum Gasteiger partial charge on any atom is 0.185 e. The van der Waals surface area contributed by atoms with Crippen molar-refractivity contribution in [1.29, 1.82) is 0 Å². The van der Waals surface area contributed by atoms with Gasteiger partial charge in [-0.15, -0.1) is 0 Å². The molecule has 0 bridgehead atoms. The summed E-state index contributed by atoms with van der Waals surface area (Å²) in [5.41, 5.74) is 2.68. The van der Waals surface area contributed by atoms with E-state index in [1.54, 1.807) is 49.7 Å². The van der Waals surface area contributed by atoms with Crippen LogP contribution in [0.4, 0.5) is 0 Å². The van der Waals surface area contributed by atoms with Crippen molar-refractivity contribution >= 4 is 11.9 Å². The second-order valence-electron chi connectivity index (χ2n) is 6.02. The zero-order valence-corrected chi connectivity index (χ0v) is 15.2. The molecule has 0 N–H and O–H groups in total. The van der Waals surface area contributed by atoms with Crippen molar-refractivity contribution in [2.75, 3.05) is 20.3 Å². The second kappa shape index (κ2) is 9.50. The standard InChI is InChI=1S/C22H22N2O3/c1-26-13-14-27-21-10-8-20(9-11-21)22(25)12-7-19-15-23-24(17-19)16-18-5-3-2-4-6-18/h2-12,15,17H,13-14,16H2,1H3/b12-7-. The highest BCUT2D eigenvalue weighted by Gasteiger charge is 2.03. The molecule has 2 aromatic carbocycles. The van der Waals surface area contributed by atoms with Gasteiger partial charge in [-0.2, -0.15) is 5.10 Å². The molecule has 0 aliphatic carbocycles. The maximum atomic E-state index is 12.3. The van der Waals surface area contributed by atoms with E-state index in [4.69, 9.17) is 9.47 Å². The number of nitrogens with zero attached hydrogens (tertiary/aromatic N) is 2. The van der Waals surface area contributed by atoms with Gasteiger partial charge in [-0.25, -0.2) is 0 Å². The van der Waals surface area contributed by atoms with Crippen LogP contribution in [0.2, 0.25) is 0 Å². The van der Waals surface area contributed by atoms with Crippen molar-refractivity contribution in [1.82, 2.24) is 9.78 Å². The number of ether oxygens (including phenoxy) is 2. The van der Waals surface area contributed by atoms with Crippen LogP contribution < -0.4 is 4.74 Å². The Balaban J connectivity index is 1.56. The molecule has 3 rings (SSSR count). The molecule has 3 aromatic rings. The molecule has 138 valence electrons. The highest BCUT2D eigenvalue weighted by molar-refractivity contribution is 6.06. The van der Waals surface area contributed by atoms with Gasteiger partial charge in [-0.1, -0.05) is 30.3 Å².